The molecule has 0 aliphatic carbocycles. The molecular weight excluding hydrogens is 475 g/mol. The molecule has 4 heterocycles. The summed E-state index contributed by atoms with van der Waals surface area (Å²) in [6, 6.07) is 16.4. The predicted molar refractivity (Wildman–Crippen MR) is 140 cm³/mol. The van der Waals surface area contributed by atoms with Gasteiger partial charge in [0.25, 0.3) is 0 Å². The summed E-state index contributed by atoms with van der Waals surface area (Å²) in [4.78, 5) is 22.4. The minimum Gasteiger partial charge on any atom is -0.343 e. The fraction of sp³-hybridized carbons (Fsp3) is 0.448. The van der Waals surface area contributed by atoms with Crippen molar-refractivity contribution in [3.05, 3.63) is 77.1 Å². The maximum atomic E-state index is 13.5. The first-order valence-corrected chi connectivity index (χ1v) is 13.5. The molecule has 2 aromatic carbocycles. The lowest BCUT2D eigenvalue weighted by atomic mass is 9.79. The van der Waals surface area contributed by atoms with Gasteiger partial charge in [-0.15, -0.1) is 0 Å². The quantitative estimate of drug-likeness (QED) is 0.451. The van der Waals surface area contributed by atoms with E-state index in [0.717, 1.165) is 56.0 Å². The van der Waals surface area contributed by atoms with Gasteiger partial charge in [-0.1, -0.05) is 48.0 Å². The SMILES string of the molecule is O=C(CCC1(c2ccc(Cl)cc2)c2ccccc2-c2nccn21)N1CCC(CN2CC[C@H](F)C2)CC1. The molecule has 3 aliphatic heterocycles. The van der Waals surface area contributed by atoms with Gasteiger partial charge in [-0.05, 0) is 54.9 Å². The van der Waals surface area contributed by atoms with Crippen molar-refractivity contribution in [3.63, 3.8) is 0 Å². The van der Waals surface area contributed by atoms with Crippen LogP contribution in [0.15, 0.2) is 60.9 Å². The maximum Gasteiger partial charge on any atom is 0.222 e. The van der Waals surface area contributed by atoms with Crippen molar-refractivity contribution in [3.8, 4) is 11.4 Å². The third kappa shape index (κ3) is 4.14. The van der Waals surface area contributed by atoms with E-state index < -0.39 is 11.7 Å². The lowest BCUT2D eigenvalue weighted by molar-refractivity contribution is -0.133. The number of amides is 1. The number of aromatic nitrogens is 2. The van der Waals surface area contributed by atoms with Gasteiger partial charge < -0.3 is 14.4 Å². The molecule has 188 valence electrons. The highest BCUT2D eigenvalue weighted by Crippen LogP contribution is 2.49. The molecule has 0 radical (unpaired) electrons. The Morgan fingerprint density at radius 2 is 1.83 bits per heavy atom. The normalized spacial score (nSPS) is 24.2. The van der Waals surface area contributed by atoms with Gasteiger partial charge in [0.2, 0.25) is 5.91 Å². The summed E-state index contributed by atoms with van der Waals surface area (Å²) in [5, 5.41) is 0.695. The van der Waals surface area contributed by atoms with Crippen molar-refractivity contribution >= 4 is 17.5 Å². The van der Waals surface area contributed by atoms with E-state index in [0.29, 0.717) is 36.7 Å². The number of fused-ring (bicyclic) bond motifs is 3. The second-order valence-corrected chi connectivity index (χ2v) is 10.9. The van der Waals surface area contributed by atoms with Crippen LogP contribution in [0.2, 0.25) is 5.02 Å². The van der Waals surface area contributed by atoms with E-state index in [-0.39, 0.29) is 5.91 Å². The van der Waals surface area contributed by atoms with Crippen LogP contribution in [0.5, 0.6) is 0 Å². The number of likely N-dealkylation sites (tertiary alicyclic amines) is 2. The monoisotopic (exact) mass is 506 g/mol. The molecule has 7 heteroatoms. The average molecular weight is 507 g/mol. The molecule has 1 unspecified atom stereocenters. The molecule has 0 N–H and O–H groups in total. The molecule has 3 aromatic rings. The van der Waals surface area contributed by atoms with Crippen LogP contribution in [-0.4, -0.2) is 64.2 Å². The average Bonchev–Trinajstić information content (AvgIpc) is 3.60. The Morgan fingerprint density at radius 3 is 2.58 bits per heavy atom. The summed E-state index contributed by atoms with van der Waals surface area (Å²) >= 11 is 6.24. The largest absolute Gasteiger partial charge is 0.343 e. The van der Waals surface area contributed by atoms with E-state index in [1.807, 2.05) is 35.5 Å². The van der Waals surface area contributed by atoms with Gasteiger partial charge in [-0.25, -0.2) is 9.37 Å². The summed E-state index contributed by atoms with van der Waals surface area (Å²) < 4.78 is 15.8. The summed E-state index contributed by atoms with van der Waals surface area (Å²) in [5.41, 5.74) is 2.90. The van der Waals surface area contributed by atoms with Crippen molar-refractivity contribution in [1.29, 1.82) is 0 Å². The molecule has 6 rings (SSSR count). The molecule has 2 fully saturated rings. The lowest BCUT2D eigenvalue weighted by Gasteiger charge is -2.36. The minimum atomic E-state index is -0.670. The summed E-state index contributed by atoms with van der Waals surface area (Å²) in [7, 11) is 0. The van der Waals surface area contributed by atoms with Crippen LogP contribution < -0.4 is 0 Å². The van der Waals surface area contributed by atoms with Gasteiger partial charge in [0.1, 0.15) is 12.0 Å². The summed E-state index contributed by atoms with van der Waals surface area (Å²) in [5.74, 6) is 1.69. The first kappa shape index (κ1) is 23.7. The van der Waals surface area contributed by atoms with Crippen LogP contribution in [-0.2, 0) is 10.3 Å². The zero-order valence-electron chi connectivity index (χ0n) is 20.5. The summed E-state index contributed by atoms with van der Waals surface area (Å²) in [6.45, 7) is 3.98. The maximum absolute atomic E-state index is 13.5. The molecule has 0 saturated carbocycles. The first-order chi connectivity index (χ1) is 17.5. The van der Waals surface area contributed by atoms with Gasteiger partial charge in [0.05, 0.1) is 5.54 Å². The van der Waals surface area contributed by atoms with Crippen molar-refractivity contribution in [1.82, 2.24) is 19.4 Å². The van der Waals surface area contributed by atoms with Crippen molar-refractivity contribution in [2.24, 2.45) is 5.92 Å². The summed E-state index contributed by atoms with van der Waals surface area (Å²) in [6.07, 6.45) is 6.96. The van der Waals surface area contributed by atoms with E-state index in [1.54, 1.807) is 0 Å². The molecule has 1 amide bonds. The Labute approximate surface area is 216 Å². The zero-order chi connectivity index (χ0) is 24.7. The molecule has 5 nitrogen and oxygen atoms in total. The van der Waals surface area contributed by atoms with E-state index in [1.165, 1.54) is 5.56 Å². The Morgan fingerprint density at radius 1 is 1.06 bits per heavy atom. The second-order valence-electron chi connectivity index (χ2n) is 10.5. The van der Waals surface area contributed by atoms with Crippen molar-refractivity contribution in [2.75, 3.05) is 32.7 Å². The number of benzene rings is 2. The van der Waals surface area contributed by atoms with Gasteiger partial charge in [0, 0.05) is 62.1 Å². The Hall–Kier alpha value is -2.70. The molecule has 1 aromatic heterocycles. The highest BCUT2D eigenvalue weighted by atomic mass is 35.5. The zero-order valence-corrected chi connectivity index (χ0v) is 21.2. The number of piperidine rings is 1. The molecule has 3 aliphatic rings. The van der Waals surface area contributed by atoms with E-state index in [2.05, 4.69) is 44.8 Å². The number of hydrogen-bond acceptors (Lipinski definition) is 3. The number of hydrogen-bond donors (Lipinski definition) is 0. The second kappa shape index (κ2) is 9.64. The van der Waals surface area contributed by atoms with Crippen LogP contribution in [0.25, 0.3) is 11.4 Å². The van der Waals surface area contributed by atoms with Crippen molar-refractivity contribution in [2.45, 2.75) is 43.8 Å². The Bertz CT molecular complexity index is 1240. The third-order valence-corrected chi connectivity index (χ3v) is 8.64. The fourth-order valence-electron chi connectivity index (χ4n) is 6.53. The molecule has 0 bridgehead atoms. The van der Waals surface area contributed by atoms with Crippen LogP contribution in [0, 0.1) is 5.92 Å². The molecule has 2 saturated heterocycles. The molecule has 2 atom stereocenters. The smallest absolute Gasteiger partial charge is 0.222 e. The topological polar surface area (TPSA) is 41.4 Å². The number of alkyl halides is 1. The highest BCUT2D eigenvalue weighted by molar-refractivity contribution is 6.30. The fourth-order valence-corrected chi connectivity index (χ4v) is 6.65. The highest BCUT2D eigenvalue weighted by Gasteiger charge is 2.45. The molecule has 36 heavy (non-hydrogen) atoms. The predicted octanol–water partition coefficient (Wildman–Crippen LogP) is 5.37. The number of carbonyl (C=O) groups is 1. The number of halogens is 2. The van der Waals surface area contributed by atoms with Gasteiger partial charge in [-0.2, -0.15) is 0 Å². The van der Waals surface area contributed by atoms with Crippen LogP contribution in [0.4, 0.5) is 4.39 Å². The standard InChI is InChI=1S/C29H32ClFN4O/c30-23-7-5-22(6-8-23)29(26-4-2-1-3-25(26)28-32-14-18-35(28)29)13-9-27(36)34-16-10-21(11-17-34)19-33-15-12-24(31)20-33/h1-8,14,18,21,24H,9-13,15-17,19-20H2/t24-,29?/m0/s1. The van der Waals surface area contributed by atoms with E-state index in [4.69, 9.17) is 11.6 Å². The van der Waals surface area contributed by atoms with Gasteiger partial charge in [-0.3, -0.25) is 4.79 Å². The number of imidazole rings is 1. The van der Waals surface area contributed by atoms with E-state index >= 15 is 0 Å². The number of rotatable bonds is 6. The van der Waals surface area contributed by atoms with Gasteiger partial charge >= 0.3 is 0 Å². The Kier molecular flexibility index (Phi) is 6.34. The third-order valence-electron chi connectivity index (χ3n) is 8.39. The van der Waals surface area contributed by atoms with Gasteiger partial charge in [0.15, 0.2) is 0 Å². The molecule has 0 spiro atoms. The lowest BCUT2D eigenvalue weighted by Crippen LogP contribution is -2.42. The van der Waals surface area contributed by atoms with E-state index in [9.17, 15) is 9.18 Å². The first-order valence-electron chi connectivity index (χ1n) is 13.1. The van der Waals surface area contributed by atoms with Crippen molar-refractivity contribution < 1.29 is 9.18 Å². The van der Waals surface area contributed by atoms with Crippen LogP contribution in [0.1, 0.15) is 43.2 Å². The minimum absolute atomic E-state index is 0.206. The Balaban J connectivity index is 1.19. The number of carbonyl (C=O) groups excluding carboxylic acids is 1. The number of nitrogens with zero attached hydrogens (tertiary/aromatic N) is 4. The molecular formula is C29H32ClFN4O. The van der Waals surface area contributed by atoms with Crippen LogP contribution >= 0.6 is 11.6 Å². The van der Waals surface area contributed by atoms with Crippen LogP contribution in [0.3, 0.4) is 0 Å².